The second-order valence-corrected chi connectivity index (χ2v) is 6.48. The van der Waals surface area contributed by atoms with Gasteiger partial charge in [-0.1, -0.05) is 18.2 Å². The summed E-state index contributed by atoms with van der Waals surface area (Å²) in [5, 5.41) is 2.75. The molecule has 0 heterocycles. The van der Waals surface area contributed by atoms with E-state index in [2.05, 4.69) is 24.1 Å². The molecular formula is C22H28FN3O2. The maximum atomic E-state index is 13.6. The van der Waals surface area contributed by atoms with Crippen LogP contribution in [0.15, 0.2) is 48.5 Å². The fraction of sp³-hybridized carbons (Fsp3) is 0.364. The first-order valence-corrected chi connectivity index (χ1v) is 9.59. The van der Waals surface area contributed by atoms with Crippen LogP contribution in [0, 0.1) is 5.82 Å². The lowest BCUT2D eigenvalue weighted by atomic mass is 10.1. The van der Waals surface area contributed by atoms with Crippen molar-refractivity contribution in [1.82, 2.24) is 5.32 Å². The molecule has 0 atom stereocenters. The smallest absolute Gasteiger partial charge is 0.224 e. The number of anilines is 2. The molecule has 0 fully saturated rings. The van der Waals surface area contributed by atoms with Gasteiger partial charge in [-0.05, 0) is 49.7 Å². The molecule has 28 heavy (non-hydrogen) atoms. The fourth-order valence-electron chi connectivity index (χ4n) is 3.08. The Kier molecular flexibility index (Phi) is 7.99. The number of nitrogens with one attached hydrogen (secondary N) is 1. The molecule has 150 valence electrons. The molecule has 1 N–H and O–H groups in total. The Bertz CT molecular complexity index is 789. The van der Waals surface area contributed by atoms with Gasteiger partial charge in [0.25, 0.3) is 0 Å². The van der Waals surface area contributed by atoms with E-state index in [0.29, 0.717) is 18.7 Å². The highest BCUT2D eigenvalue weighted by Gasteiger charge is 2.13. The minimum Gasteiger partial charge on any atom is -0.372 e. The lowest BCUT2D eigenvalue weighted by Crippen LogP contribution is -2.38. The molecule has 0 spiro atoms. The van der Waals surface area contributed by atoms with Crippen molar-refractivity contribution in [2.45, 2.75) is 27.2 Å². The van der Waals surface area contributed by atoms with Gasteiger partial charge in [0.2, 0.25) is 11.8 Å². The number of halogens is 1. The van der Waals surface area contributed by atoms with E-state index < -0.39 is 5.82 Å². The van der Waals surface area contributed by atoms with Gasteiger partial charge in [0.1, 0.15) is 5.82 Å². The first kappa shape index (κ1) is 21.4. The largest absolute Gasteiger partial charge is 0.372 e. The van der Waals surface area contributed by atoms with Gasteiger partial charge >= 0.3 is 0 Å². The maximum absolute atomic E-state index is 13.6. The van der Waals surface area contributed by atoms with Crippen molar-refractivity contribution in [3.63, 3.8) is 0 Å². The number of benzene rings is 2. The molecule has 0 saturated carbocycles. The average Bonchev–Trinajstić information content (AvgIpc) is 2.68. The van der Waals surface area contributed by atoms with Crippen LogP contribution in [0.2, 0.25) is 0 Å². The van der Waals surface area contributed by atoms with Crippen LogP contribution in [0.4, 0.5) is 15.8 Å². The highest BCUT2D eigenvalue weighted by Crippen LogP contribution is 2.20. The van der Waals surface area contributed by atoms with E-state index in [1.165, 1.54) is 13.0 Å². The Hall–Kier alpha value is -2.89. The number of carbonyl (C=O) groups excluding carboxylic acids is 2. The van der Waals surface area contributed by atoms with Crippen LogP contribution < -0.4 is 15.1 Å². The summed E-state index contributed by atoms with van der Waals surface area (Å²) in [5.41, 5.74) is 2.25. The van der Waals surface area contributed by atoms with E-state index in [1.54, 1.807) is 23.1 Å². The first-order valence-electron chi connectivity index (χ1n) is 9.59. The monoisotopic (exact) mass is 385 g/mol. The molecule has 2 amide bonds. The zero-order chi connectivity index (χ0) is 20.5. The summed E-state index contributed by atoms with van der Waals surface area (Å²) < 4.78 is 13.6. The highest BCUT2D eigenvalue weighted by atomic mass is 19.1. The Morgan fingerprint density at radius 3 is 2.14 bits per heavy atom. The standard InChI is InChI=1S/C22H28FN3O2/c1-4-25(5-2)19-10-12-20(13-11-19)26(17(3)27)15-14-24-22(28)16-18-8-6-7-9-21(18)23/h6-13H,4-5,14-16H2,1-3H3,(H,24,28). The molecule has 6 heteroatoms. The lowest BCUT2D eigenvalue weighted by molar-refractivity contribution is -0.121. The van der Waals surface area contributed by atoms with Crippen molar-refractivity contribution < 1.29 is 14.0 Å². The normalized spacial score (nSPS) is 10.4. The van der Waals surface area contributed by atoms with Gasteiger partial charge in [-0.15, -0.1) is 0 Å². The molecule has 0 unspecified atom stereocenters. The second kappa shape index (κ2) is 10.4. The molecule has 0 aliphatic rings. The van der Waals surface area contributed by atoms with Gasteiger partial charge in [0.05, 0.1) is 6.42 Å². The Morgan fingerprint density at radius 2 is 1.57 bits per heavy atom. The molecule has 0 radical (unpaired) electrons. The summed E-state index contributed by atoms with van der Waals surface area (Å²) in [6.45, 7) is 8.18. The highest BCUT2D eigenvalue weighted by molar-refractivity contribution is 5.91. The molecule has 0 saturated heterocycles. The summed E-state index contributed by atoms with van der Waals surface area (Å²) in [5.74, 6) is -0.763. The summed E-state index contributed by atoms with van der Waals surface area (Å²) in [6.07, 6.45) is -0.0225. The van der Waals surface area contributed by atoms with Gasteiger partial charge in [0.15, 0.2) is 0 Å². The summed E-state index contributed by atoms with van der Waals surface area (Å²) in [4.78, 5) is 27.9. The van der Waals surface area contributed by atoms with Crippen LogP contribution in [-0.4, -0.2) is 38.0 Å². The van der Waals surface area contributed by atoms with Crippen molar-refractivity contribution in [2.24, 2.45) is 0 Å². The van der Waals surface area contributed by atoms with Crippen LogP contribution >= 0.6 is 0 Å². The quantitative estimate of drug-likeness (QED) is 0.720. The van der Waals surface area contributed by atoms with E-state index in [0.717, 1.165) is 24.5 Å². The molecule has 2 rings (SSSR count). The van der Waals surface area contributed by atoms with E-state index >= 15 is 0 Å². The minimum absolute atomic E-state index is 0.0225. The van der Waals surface area contributed by atoms with Crippen molar-refractivity contribution in [3.8, 4) is 0 Å². The summed E-state index contributed by atoms with van der Waals surface area (Å²) in [7, 11) is 0. The van der Waals surface area contributed by atoms with E-state index in [1.807, 2.05) is 24.3 Å². The zero-order valence-corrected chi connectivity index (χ0v) is 16.7. The number of nitrogens with zero attached hydrogens (tertiary/aromatic N) is 2. The Balaban J connectivity index is 1.93. The average molecular weight is 385 g/mol. The second-order valence-electron chi connectivity index (χ2n) is 6.48. The zero-order valence-electron chi connectivity index (χ0n) is 16.7. The fourth-order valence-corrected chi connectivity index (χ4v) is 3.08. The van der Waals surface area contributed by atoms with Crippen LogP contribution in [0.5, 0.6) is 0 Å². The van der Waals surface area contributed by atoms with Gasteiger partial charge in [0, 0.05) is 44.5 Å². The van der Waals surface area contributed by atoms with Crippen LogP contribution in [-0.2, 0) is 16.0 Å². The third kappa shape index (κ3) is 5.81. The van der Waals surface area contributed by atoms with Gasteiger partial charge < -0.3 is 15.1 Å². The van der Waals surface area contributed by atoms with Gasteiger partial charge in [-0.2, -0.15) is 0 Å². The Morgan fingerprint density at radius 1 is 0.964 bits per heavy atom. The minimum atomic E-state index is -0.392. The van der Waals surface area contributed by atoms with Gasteiger partial charge in [-0.3, -0.25) is 9.59 Å². The van der Waals surface area contributed by atoms with E-state index in [-0.39, 0.29) is 18.2 Å². The number of hydrogen-bond donors (Lipinski definition) is 1. The van der Waals surface area contributed by atoms with Crippen molar-refractivity contribution in [3.05, 3.63) is 59.9 Å². The molecule has 0 aliphatic heterocycles. The maximum Gasteiger partial charge on any atom is 0.224 e. The third-order valence-electron chi connectivity index (χ3n) is 4.64. The summed E-state index contributed by atoms with van der Waals surface area (Å²) >= 11 is 0. The molecule has 2 aromatic rings. The lowest BCUT2D eigenvalue weighted by Gasteiger charge is -2.24. The molecular weight excluding hydrogens is 357 g/mol. The molecule has 0 aliphatic carbocycles. The van der Waals surface area contributed by atoms with E-state index in [4.69, 9.17) is 0 Å². The van der Waals surface area contributed by atoms with Crippen molar-refractivity contribution in [2.75, 3.05) is 36.0 Å². The molecule has 0 bridgehead atoms. The third-order valence-corrected chi connectivity index (χ3v) is 4.64. The molecule has 5 nitrogen and oxygen atoms in total. The predicted octanol–water partition coefficient (Wildman–Crippen LogP) is 3.38. The molecule has 2 aromatic carbocycles. The van der Waals surface area contributed by atoms with E-state index in [9.17, 15) is 14.0 Å². The van der Waals surface area contributed by atoms with Crippen molar-refractivity contribution >= 4 is 23.2 Å². The summed E-state index contributed by atoms with van der Waals surface area (Å²) in [6, 6.07) is 14.0. The van der Waals surface area contributed by atoms with Crippen LogP contribution in [0.1, 0.15) is 26.3 Å². The first-order chi connectivity index (χ1) is 13.5. The number of rotatable bonds is 9. The predicted molar refractivity (Wildman–Crippen MR) is 111 cm³/mol. The number of amides is 2. The topological polar surface area (TPSA) is 52.6 Å². The van der Waals surface area contributed by atoms with Crippen LogP contribution in [0.25, 0.3) is 0 Å². The number of hydrogen-bond acceptors (Lipinski definition) is 3. The van der Waals surface area contributed by atoms with Crippen LogP contribution in [0.3, 0.4) is 0 Å². The SMILES string of the molecule is CCN(CC)c1ccc(N(CCNC(=O)Cc2ccccc2F)C(C)=O)cc1. The molecule has 0 aromatic heterocycles. The number of carbonyl (C=O) groups is 2. The van der Waals surface area contributed by atoms with Crippen molar-refractivity contribution in [1.29, 1.82) is 0 Å². The Labute approximate surface area is 166 Å². The van der Waals surface area contributed by atoms with Gasteiger partial charge in [-0.25, -0.2) is 4.39 Å².